The average molecular weight is 569 g/mol. The van der Waals surface area contributed by atoms with Crippen molar-refractivity contribution in [2.45, 2.75) is 11.5 Å². The summed E-state index contributed by atoms with van der Waals surface area (Å²) in [6.07, 6.45) is 3.79. The first-order valence-electron chi connectivity index (χ1n) is 13.5. The fourth-order valence-corrected chi connectivity index (χ4v) is 6.33. The predicted octanol–water partition coefficient (Wildman–Crippen LogP) is 10.2. The second-order valence-corrected chi connectivity index (χ2v) is 11.0. The molecule has 0 unspecified atom stereocenters. The lowest BCUT2D eigenvalue weighted by Gasteiger charge is -2.15. The largest absolute Gasteiger partial charge is 0.256 e. The van der Waals surface area contributed by atoms with Crippen molar-refractivity contribution in [3.63, 3.8) is 0 Å². The van der Waals surface area contributed by atoms with Crippen molar-refractivity contribution in [2.24, 2.45) is 0 Å². The normalized spacial score (nSPS) is 10.9. The maximum Gasteiger partial charge on any atom is 0.0783 e. The second kappa shape index (κ2) is 13.5. The highest BCUT2D eigenvalue weighted by molar-refractivity contribution is 8.07. The highest BCUT2D eigenvalue weighted by atomic mass is 32.2. The number of hydrogen-bond donors (Lipinski definition) is 0. The molecule has 0 atom stereocenters. The Morgan fingerprint density at radius 2 is 0.756 bits per heavy atom. The molecule has 0 N–H and O–H groups in total. The molecule has 0 spiro atoms. The molecule has 0 aliphatic carbocycles. The van der Waals surface area contributed by atoms with Gasteiger partial charge in [-0.25, -0.2) is 3.63 Å². The van der Waals surface area contributed by atoms with E-state index in [0.717, 1.165) is 44.8 Å². The molecule has 0 radical (unpaired) electrons. The van der Waals surface area contributed by atoms with E-state index in [1.807, 2.05) is 36.7 Å². The van der Waals surface area contributed by atoms with Crippen LogP contribution in [0.15, 0.2) is 146 Å². The van der Waals surface area contributed by atoms with Crippen LogP contribution in [-0.2, 0) is 15.1 Å². The topological polar surface area (TPSA) is 35.0 Å². The molecule has 0 aliphatic heterocycles. The number of pyridine rings is 2. The zero-order valence-electron chi connectivity index (χ0n) is 22.4. The van der Waals surface area contributed by atoms with Crippen molar-refractivity contribution >= 4 is 24.1 Å². The Hall–Kier alpha value is -4.16. The smallest absolute Gasteiger partial charge is 0.0783 e. The van der Waals surface area contributed by atoms with Crippen LogP contribution in [0.25, 0.3) is 44.8 Å². The van der Waals surface area contributed by atoms with Gasteiger partial charge >= 0.3 is 0 Å². The lowest BCUT2D eigenvalue weighted by atomic mass is 9.95. The molecule has 0 aliphatic rings. The van der Waals surface area contributed by atoms with E-state index in [0.29, 0.717) is 11.5 Å². The molecule has 2 heterocycles. The van der Waals surface area contributed by atoms with Crippen molar-refractivity contribution < 1.29 is 3.63 Å². The number of nitrogens with zero attached hydrogens (tertiary/aromatic N) is 2. The summed E-state index contributed by atoms with van der Waals surface area (Å²) in [6, 6.07) is 45.9. The maximum absolute atomic E-state index is 6.11. The summed E-state index contributed by atoms with van der Waals surface area (Å²) < 4.78 is 6.11. The summed E-state index contributed by atoms with van der Waals surface area (Å²) in [5.41, 5.74) is 11.2. The third-order valence-corrected chi connectivity index (χ3v) is 8.45. The molecule has 4 aromatic carbocycles. The Morgan fingerprint density at radius 1 is 0.415 bits per heavy atom. The van der Waals surface area contributed by atoms with Crippen LogP contribution in [0.3, 0.4) is 0 Å². The van der Waals surface area contributed by atoms with Gasteiger partial charge < -0.3 is 0 Å². The lowest BCUT2D eigenvalue weighted by Crippen LogP contribution is -1.96. The van der Waals surface area contributed by atoms with Gasteiger partial charge in [0.15, 0.2) is 0 Å². The minimum absolute atomic E-state index is 0.705. The Morgan fingerprint density at radius 3 is 1.12 bits per heavy atom. The van der Waals surface area contributed by atoms with Gasteiger partial charge in [-0.05, 0) is 34.4 Å². The van der Waals surface area contributed by atoms with Crippen molar-refractivity contribution in [1.29, 1.82) is 0 Å². The Balaban J connectivity index is 1.21. The summed E-state index contributed by atoms with van der Waals surface area (Å²) in [4.78, 5) is 9.56. The number of benzene rings is 4. The Bertz CT molecular complexity index is 1570. The van der Waals surface area contributed by atoms with E-state index in [1.54, 1.807) is 0 Å². The molecule has 200 valence electrons. The van der Waals surface area contributed by atoms with Gasteiger partial charge in [-0.15, -0.1) is 0 Å². The highest BCUT2D eigenvalue weighted by Crippen LogP contribution is 2.38. The van der Waals surface area contributed by atoms with Crippen LogP contribution in [0.4, 0.5) is 0 Å². The quantitative estimate of drug-likeness (QED) is 0.121. The van der Waals surface area contributed by atoms with Crippen LogP contribution in [-0.4, -0.2) is 9.97 Å². The molecule has 3 nitrogen and oxygen atoms in total. The zero-order chi connectivity index (χ0) is 27.7. The van der Waals surface area contributed by atoms with Gasteiger partial charge in [0.05, 0.1) is 11.4 Å². The lowest BCUT2D eigenvalue weighted by molar-refractivity contribution is 0.755. The van der Waals surface area contributed by atoms with Crippen molar-refractivity contribution in [2.75, 3.05) is 0 Å². The fourth-order valence-electron chi connectivity index (χ4n) is 4.94. The minimum atomic E-state index is 0.705. The van der Waals surface area contributed by atoms with Gasteiger partial charge in [-0.3, -0.25) is 9.97 Å². The summed E-state index contributed by atoms with van der Waals surface area (Å²) in [5, 5.41) is 0. The van der Waals surface area contributed by atoms with E-state index in [2.05, 4.69) is 109 Å². The van der Waals surface area contributed by atoms with Gasteiger partial charge in [-0.1, -0.05) is 121 Å². The van der Waals surface area contributed by atoms with Gasteiger partial charge in [0.2, 0.25) is 0 Å². The predicted molar refractivity (Wildman–Crippen MR) is 174 cm³/mol. The molecule has 0 saturated carbocycles. The van der Waals surface area contributed by atoms with Gasteiger partial charge in [0.1, 0.15) is 0 Å². The third kappa shape index (κ3) is 6.44. The third-order valence-electron chi connectivity index (χ3n) is 6.82. The SMILES string of the molecule is c1ccc(-c2nccc(CSOSCc3ccnc(-c4ccccc4)c3-c3ccccc3)c2-c2ccccc2)cc1. The molecule has 41 heavy (non-hydrogen) atoms. The summed E-state index contributed by atoms with van der Waals surface area (Å²) in [5.74, 6) is 1.41. The summed E-state index contributed by atoms with van der Waals surface area (Å²) in [7, 11) is 0. The van der Waals surface area contributed by atoms with Crippen LogP contribution in [0, 0.1) is 0 Å². The van der Waals surface area contributed by atoms with E-state index in [-0.39, 0.29) is 0 Å². The monoisotopic (exact) mass is 568 g/mol. The highest BCUT2D eigenvalue weighted by Gasteiger charge is 2.16. The van der Waals surface area contributed by atoms with Crippen LogP contribution in [0.2, 0.25) is 0 Å². The van der Waals surface area contributed by atoms with Gasteiger partial charge in [-0.2, -0.15) is 0 Å². The van der Waals surface area contributed by atoms with E-state index in [9.17, 15) is 0 Å². The number of rotatable bonds is 10. The van der Waals surface area contributed by atoms with E-state index in [1.165, 1.54) is 35.2 Å². The van der Waals surface area contributed by atoms with E-state index in [4.69, 9.17) is 13.6 Å². The molecule has 6 rings (SSSR count). The number of hydrogen-bond acceptors (Lipinski definition) is 5. The van der Waals surface area contributed by atoms with Crippen LogP contribution >= 0.6 is 24.1 Å². The first kappa shape index (κ1) is 27.0. The summed E-state index contributed by atoms with van der Waals surface area (Å²) >= 11 is 2.92. The van der Waals surface area contributed by atoms with Crippen molar-refractivity contribution in [3.8, 4) is 44.8 Å². The summed E-state index contributed by atoms with van der Waals surface area (Å²) in [6.45, 7) is 0. The maximum atomic E-state index is 6.11. The van der Waals surface area contributed by atoms with Gasteiger partial charge in [0, 0.05) is 70.2 Å². The molecule has 2 aromatic heterocycles. The van der Waals surface area contributed by atoms with Crippen LogP contribution in [0.5, 0.6) is 0 Å². The molecule has 0 bridgehead atoms. The van der Waals surface area contributed by atoms with E-state index < -0.39 is 0 Å². The first-order valence-corrected chi connectivity index (χ1v) is 15.3. The molecular formula is C36H28N2OS2. The van der Waals surface area contributed by atoms with E-state index >= 15 is 0 Å². The van der Waals surface area contributed by atoms with Crippen LogP contribution in [0.1, 0.15) is 11.1 Å². The van der Waals surface area contributed by atoms with Gasteiger partial charge in [0.25, 0.3) is 0 Å². The first-order chi connectivity index (χ1) is 20.4. The zero-order valence-corrected chi connectivity index (χ0v) is 24.0. The minimum Gasteiger partial charge on any atom is -0.256 e. The van der Waals surface area contributed by atoms with Crippen molar-refractivity contribution in [3.05, 3.63) is 157 Å². The molecule has 0 fully saturated rings. The second-order valence-electron chi connectivity index (χ2n) is 9.44. The molecule has 5 heteroatoms. The average Bonchev–Trinajstić information content (AvgIpc) is 3.06. The molecule has 6 aromatic rings. The molecular weight excluding hydrogens is 541 g/mol. The standard InChI is InChI=1S/C36H28N2OS2/c1-5-13-27(14-6-1)33-31(21-23-37-35(33)29-17-9-3-10-18-29)25-40-39-41-26-32-22-24-38-36(30-19-11-4-12-20-30)34(32)28-15-7-2-8-16-28/h1-24H,25-26H2. The Kier molecular flexibility index (Phi) is 8.88. The fraction of sp³-hybridized carbons (Fsp3) is 0.0556. The Labute approximate surface area is 250 Å². The molecule has 0 saturated heterocycles. The van der Waals surface area contributed by atoms with Crippen LogP contribution < -0.4 is 0 Å². The molecule has 0 amide bonds. The number of aromatic nitrogens is 2. The van der Waals surface area contributed by atoms with Crippen molar-refractivity contribution in [1.82, 2.24) is 9.97 Å².